The zero-order chi connectivity index (χ0) is 23.3. The normalized spacial score (nSPS) is 15.9. The van der Waals surface area contributed by atoms with E-state index in [0.29, 0.717) is 24.2 Å². The Labute approximate surface area is 189 Å². The van der Waals surface area contributed by atoms with Gasteiger partial charge in [-0.25, -0.2) is 13.2 Å². The van der Waals surface area contributed by atoms with Gasteiger partial charge in [0.15, 0.2) is 17.5 Å². The summed E-state index contributed by atoms with van der Waals surface area (Å²) in [5, 5.41) is 5.31. The molecule has 1 unspecified atom stereocenters. The molecule has 10 heteroatoms. The summed E-state index contributed by atoms with van der Waals surface area (Å²) in [4.78, 5) is 28.7. The molecule has 0 saturated carbocycles. The maximum Gasteiger partial charge on any atom is 0.243 e. The number of amides is 2. The minimum atomic E-state index is -1.67. The maximum absolute atomic E-state index is 13.6. The van der Waals surface area contributed by atoms with Crippen molar-refractivity contribution in [1.29, 1.82) is 0 Å². The van der Waals surface area contributed by atoms with Crippen molar-refractivity contribution in [3.63, 3.8) is 0 Å². The van der Waals surface area contributed by atoms with Crippen molar-refractivity contribution < 1.29 is 22.8 Å². The first-order valence-electron chi connectivity index (χ1n) is 10.2. The molecule has 2 aromatic rings. The molecule has 1 saturated heterocycles. The van der Waals surface area contributed by atoms with Crippen LogP contribution in [0.4, 0.5) is 18.9 Å². The van der Waals surface area contributed by atoms with Gasteiger partial charge < -0.3 is 10.6 Å². The van der Waals surface area contributed by atoms with Gasteiger partial charge in [0.2, 0.25) is 11.8 Å². The Morgan fingerprint density at radius 2 is 1.66 bits per heavy atom. The summed E-state index contributed by atoms with van der Waals surface area (Å²) < 4.78 is 39.9. The Kier molecular flexibility index (Phi) is 8.11. The third-order valence-corrected chi connectivity index (χ3v) is 5.64. The van der Waals surface area contributed by atoms with Crippen molar-refractivity contribution in [2.75, 3.05) is 38.0 Å². The van der Waals surface area contributed by atoms with Crippen LogP contribution in [0.2, 0.25) is 5.02 Å². The summed E-state index contributed by atoms with van der Waals surface area (Å²) in [6, 6.07) is 8.86. The second-order valence-electron chi connectivity index (χ2n) is 7.60. The molecule has 6 nitrogen and oxygen atoms in total. The first kappa shape index (κ1) is 24.0. The molecule has 0 bridgehead atoms. The van der Waals surface area contributed by atoms with Crippen LogP contribution < -0.4 is 10.6 Å². The van der Waals surface area contributed by atoms with Gasteiger partial charge in [0.05, 0.1) is 18.3 Å². The zero-order valence-electron chi connectivity index (χ0n) is 17.5. The van der Waals surface area contributed by atoms with Crippen LogP contribution in [0.5, 0.6) is 0 Å². The van der Waals surface area contributed by atoms with Crippen molar-refractivity contribution in [2.45, 2.75) is 19.5 Å². The van der Waals surface area contributed by atoms with Crippen LogP contribution in [0.25, 0.3) is 0 Å². The molecular formula is C22H24ClF3N4O2. The number of piperazine rings is 1. The van der Waals surface area contributed by atoms with Gasteiger partial charge in [-0.2, -0.15) is 0 Å². The molecule has 172 valence electrons. The number of carbonyl (C=O) groups is 2. The van der Waals surface area contributed by atoms with Crippen molar-refractivity contribution in [2.24, 2.45) is 0 Å². The van der Waals surface area contributed by atoms with E-state index in [1.807, 2.05) is 29.2 Å². The van der Waals surface area contributed by atoms with Crippen molar-refractivity contribution in [3.05, 3.63) is 64.4 Å². The molecule has 0 aliphatic carbocycles. The SMILES string of the molecule is CC(C(=O)NCC(=O)Nc1ccc(F)c(F)c1F)N1CCN(Cc2ccc(Cl)cc2)CC1. The van der Waals surface area contributed by atoms with Gasteiger partial charge in [-0.1, -0.05) is 23.7 Å². The number of hydrogen-bond acceptors (Lipinski definition) is 4. The van der Waals surface area contributed by atoms with E-state index in [0.717, 1.165) is 31.3 Å². The summed E-state index contributed by atoms with van der Waals surface area (Å²) in [5.74, 6) is -5.61. The predicted octanol–water partition coefficient (Wildman–Crippen LogP) is 3.02. The highest BCUT2D eigenvalue weighted by molar-refractivity contribution is 6.30. The van der Waals surface area contributed by atoms with Gasteiger partial charge in [0.1, 0.15) is 0 Å². The van der Waals surface area contributed by atoms with E-state index in [-0.39, 0.29) is 5.91 Å². The highest BCUT2D eigenvalue weighted by atomic mass is 35.5. The molecule has 1 atom stereocenters. The highest BCUT2D eigenvalue weighted by Crippen LogP contribution is 2.19. The fourth-order valence-corrected chi connectivity index (χ4v) is 3.58. The molecule has 1 aliphatic heterocycles. The summed E-state index contributed by atoms with van der Waals surface area (Å²) in [6.07, 6.45) is 0. The Bertz CT molecular complexity index is 966. The van der Waals surface area contributed by atoms with Crippen LogP contribution >= 0.6 is 11.6 Å². The molecule has 1 aliphatic rings. The van der Waals surface area contributed by atoms with Crippen molar-refractivity contribution in [1.82, 2.24) is 15.1 Å². The molecule has 1 heterocycles. The third-order valence-electron chi connectivity index (χ3n) is 5.39. The molecule has 3 rings (SSSR count). The third kappa shape index (κ3) is 6.21. The fourth-order valence-electron chi connectivity index (χ4n) is 3.45. The minimum Gasteiger partial charge on any atom is -0.346 e. The van der Waals surface area contributed by atoms with Crippen LogP contribution in [-0.2, 0) is 16.1 Å². The van der Waals surface area contributed by atoms with Crippen LogP contribution in [0, 0.1) is 17.5 Å². The van der Waals surface area contributed by atoms with E-state index in [9.17, 15) is 22.8 Å². The monoisotopic (exact) mass is 468 g/mol. The van der Waals surface area contributed by atoms with Gasteiger partial charge in [-0.3, -0.25) is 19.4 Å². The van der Waals surface area contributed by atoms with Crippen LogP contribution in [0.15, 0.2) is 36.4 Å². The van der Waals surface area contributed by atoms with Crippen molar-refractivity contribution >= 4 is 29.1 Å². The van der Waals surface area contributed by atoms with Crippen molar-refractivity contribution in [3.8, 4) is 0 Å². The minimum absolute atomic E-state index is 0.350. The Morgan fingerprint density at radius 3 is 2.31 bits per heavy atom. The number of benzene rings is 2. The first-order chi connectivity index (χ1) is 15.2. The van der Waals surface area contributed by atoms with Gasteiger partial charge in [0.25, 0.3) is 0 Å². The van der Waals surface area contributed by atoms with E-state index in [4.69, 9.17) is 11.6 Å². The lowest BCUT2D eigenvalue weighted by atomic mass is 10.1. The molecular weight excluding hydrogens is 445 g/mol. The number of anilines is 1. The molecule has 2 amide bonds. The van der Waals surface area contributed by atoms with E-state index >= 15 is 0 Å². The Balaban J connectivity index is 1.42. The van der Waals surface area contributed by atoms with Crippen LogP contribution in [0.3, 0.4) is 0 Å². The topological polar surface area (TPSA) is 64.7 Å². The molecule has 32 heavy (non-hydrogen) atoms. The lowest BCUT2D eigenvalue weighted by Gasteiger charge is -2.37. The Morgan fingerprint density at radius 1 is 1.00 bits per heavy atom. The summed E-state index contributed by atoms with van der Waals surface area (Å²) >= 11 is 5.91. The number of nitrogens with zero attached hydrogens (tertiary/aromatic N) is 2. The highest BCUT2D eigenvalue weighted by Gasteiger charge is 2.26. The number of hydrogen-bond donors (Lipinski definition) is 2. The van der Waals surface area contributed by atoms with Gasteiger partial charge in [-0.15, -0.1) is 0 Å². The van der Waals surface area contributed by atoms with E-state index in [1.165, 1.54) is 0 Å². The number of halogens is 4. The number of carbonyl (C=O) groups excluding carboxylic acids is 2. The van der Waals surface area contributed by atoms with Crippen LogP contribution in [-0.4, -0.2) is 60.4 Å². The molecule has 0 aromatic heterocycles. The lowest BCUT2D eigenvalue weighted by molar-refractivity contribution is -0.128. The predicted molar refractivity (Wildman–Crippen MR) is 116 cm³/mol. The average molecular weight is 469 g/mol. The Hall–Kier alpha value is -2.62. The quantitative estimate of drug-likeness (QED) is 0.613. The standard InChI is InChI=1S/C22H24ClF3N4O2/c1-14(30-10-8-29(9-11-30)13-15-2-4-16(23)5-3-15)22(32)27-12-19(31)28-18-7-6-17(24)20(25)21(18)26/h2-7,14H,8-13H2,1H3,(H,27,32)(H,28,31). The largest absolute Gasteiger partial charge is 0.346 e. The summed E-state index contributed by atoms with van der Waals surface area (Å²) in [6.45, 7) is 5.08. The van der Waals surface area contributed by atoms with E-state index in [2.05, 4.69) is 15.5 Å². The maximum atomic E-state index is 13.6. The van der Waals surface area contributed by atoms with Gasteiger partial charge in [0, 0.05) is 37.7 Å². The average Bonchev–Trinajstić information content (AvgIpc) is 2.79. The van der Waals surface area contributed by atoms with E-state index < -0.39 is 41.6 Å². The number of nitrogens with one attached hydrogen (secondary N) is 2. The fraction of sp³-hybridized carbons (Fsp3) is 0.364. The van der Waals surface area contributed by atoms with Crippen LogP contribution in [0.1, 0.15) is 12.5 Å². The zero-order valence-corrected chi connectivity index (χ0v) is 18.3. The molecule has 2 N–H and O–H groups in total. The summed E-state index contributed by atoms with van der Waals surface area (Å²) in [5.41, 5.74) is 0.671. The second kappa shape index (κ2) is 10.8. The second-order valence-corrected chi connectivity index (χ2v) is 8.04. The van der Waals surface area contributed by atoms with E-state index in [1.54, 1.807) is 6.92 Å². The molecule has 0 radical (unpaired) electrons. The van der Waals surface area contributed by atoms with Gasteiger partial charge >= 0.3 is 0 Å². The smallest absolute Gasteiger partial charge is 0.243 e. The lowest BCUT2D eigenvalue weighted by Crippen LogP contribution is -2.54. The molecule has 2 aromatic carbocycles. The first-order valence-corrected chi connectivity index (χ1v) is 10.5. The van der Waals surface area contributed by atoms with Gasteiger partial charge in [-0.05, 0) is 36.8 Å². The molecule has 1 fully saturated rings. The summed E-state index contributed by atoms with van der Waals surface area (Å²) in [7, 11) is 0. The number of rotatable bonds is 7. The molecule has 0 spiro atoms.